The summed E-state index contributed by atoms with van der Waals surface area (Å²) in [4.78, 5) is 53.8. The Morgan fingerprint density at radius 1 is 1.05 bits per heavy atom. The first-order valence-electron chi connectivity index (χ1n) is 15.0. The van der Waals surface area contributed by atoms with Crippen molar-refractivity contribution in [2.45, 2.75) is 95.5 Å². The zero-order chi connectivity index (χ0) is 31.3. The number of unbranched alkanes of at least 4 members (excludes halogenated alkanes) is 1. The number of carbonyl (C=O) groups excluding carboxylic acids is 2. The molecular formula is C31H45N3O9. The van der Waals surface area contributed by atoms with Gasteiger partial charge in [0.15, 0.2) is 23.4 Å². The van der Waals surface area contributed by atoms with Gasteiger partial charge in [0.1, 0.15) is 6.10 Å². The molecule has 2 rings (SSSR count). The lowest BCUT2D eigenvalue weighted by molar-refractivity contribution is -0.147. The fourth-order valence-corrected chi connectivity index (χ4v) is 5.19. The summed E-state index contributed by atoms with van der Waals surface area (Å²) in [5.41, 5.74) is 1.09. The van der Waals surface area contributed by atoms with Crippen LogP contribution in [0.25, 0.3) is 0 Å². The molecular weight excluding hydrogens is 558 g/mol. The van der Waals surface area contributed by atoms with Gasteiger partial charge in [-0.2, -0.15) is 0 Å². The van der Waals surface area contributed by atoms with E-state index in [1.807, 2.05) is 55.5 Å². The fraction of sp³-hybridized carbons (Fsp3) is 0.613. The van der Waals surface area contributed by atoms with Crippen LogP contribution in [0.3, 0.4) is 0 Å². The molecule has 0 unspecified atom stereocenters. The maximum Gasteiger partial charge on any atom is 0.306 e. The maximum atomic E-state index is 12.7. The van der Waals surface area contributed by atoms with Gasteiger partial charge in [0, 0.05) is 31.7 Å². The normalized spacial score (nSPS) is 21.4. The van der Waals surface area contributed by atoms with Gasteiger partial charge >= 0.3 is 5.97 Å². The second-order valence-electron chi connectivity index (χ2n) is 10.7. The molecule has 1 aromatic rings. The quantitative estimate of drug-likeness (QED) is 0.0561. The van der Waals surface area contributed by atoms with Crippen LogP contribution in [0.2, 0.25) is 0 Å². The molecule has 0 radical (unpaired) electrons. The number of carbonyl (C=O) groups is 2. The van der Waals surface area contributed by atoms with E-state index in [2.05, 4.69) is 25.7 Å². The summed E-state index contributed by atoms with van der Waals surface area (Å²) >= 11 is 0. The molecule has 6 atom stereocenters. The fourth-order valence-electron chi connectivity index (χ4n) is 5.19. The number of aryl methyl sites for hydroxylation is 1. The van der Waals surface area contributed by atoms with Crippen molar-refractivity contribution in [3.05, 3.63) is 70.0 Å². The van der Waals surface area contributed by atoms with E-state index in [9.17, 15) is 29.6 Å². The van der Waals surface area contributed by atoms with Crippen molar-refractivity contribution in [2.75, 3.05) is 13.2 Å². The molecule has 1 aromatic carbocycles. The monoisotopic (exact) mass is 603 g/mol. The van der Waals surface area contributed by atoms with Crippen LogP contribution in [0.5, 0.6) is 0 Å². The van der Waals surface area contributed by atoms with Crippen molar-refractivity contribution in [1.82, 2.24) is 5.32 Å². The maximum absolute atomic E-state index is 12.7. The lowest BCUT2D eigenvalue weighted by atomic mass is 9.89. The van der Waals surface area contributed by atoms with Gasteiger partial charge in [-0.1, -0.05) is 48.6 Å². The first kappa shape index (κ1) is 35.6. The van der Waals surface area contributed by atoms with Crippen molar-refractivity contribution in [3.63, 3.8) is 0 Å². The molecule has 1 aliphatic carbocycles. The van der Waals surface area contributed by atoms with Crippen LogP contribution in [0.1, 0.15) is 70.3 Å². The highest BCUT2D eigenvalue weighted by Gasteiger charge is 2.39. The molecule has 0 aliphatic heterocycles. The molecule has 0 bridgehead atoms. The zero-order valence-electron chi connectivity index (χ0n) is 24.8. The van der Waals surface area contributed by atoms with E-state index in [1.54, 1.807) is 6.08 Å². The summed E-state index contributed by atoms with van der Waals surface area (Å²) in [5.74, 6) is -0.918. The lowest BCUT2D eigenvalue weighted by Gasteiger charge is -2.21. The van der Waals surface area contributed by atoms with Crippen LogP contribution in [0.15, 0.2) is 65.3 Å². The highest BCUT2D eigenvalue weighted by Crippen LogP contribution is 2.36. The van der Waals surface area contributed by atoms with Crippen LogP contribution < -0.4 is 5.32 Å². The standard InChI is InChI=1S/C31H45N3O9/c1-2-32-30(37)15-9-4-3-8-14-26-27(29(36)21-28(26)35)20-19-24(18-17-23-11-6-5-7-12-23)42-31(38)16-10-13-25(43-34-40)22-41-33-39/h3,5-8,11-12,19-20,24-29,35-36H,2,4,9-10,13-18,21-22H2,1H3,(H,32,37)/b8-3-,20-19+/t24-,25+,26+,27+,28-,29+/m0/s1. The number of rotatable bonds is 22. The van der Waals surface area contributed by atoms with Crippen molar-refractivity contribution in [1.29, 1.82) is 0 Å². The number of hydrogen-bond donors (Lipinski definition) is 3. The van der Waals surface area contributed by atoms with Crippen molar-refractivity contribution in [2.24, 2.45) is 22.5 Å². The molecule has 1 saturated carbocycles. The Hall–Kier alpha value is -3.64. The van der Waals surface area contributed by atoms with E-state index in [4.69, 9.17) is 4.74 Å². The number of hydrogen-bond acceptors (Lipinski definition) is 11. The van der Waals surface area contributed by atoms with Gasteiger partial charge in [-0.15, -0.1) is 9.81 Å². The summed E-state index contributed by atoms with van der Waals surface area (Å²) in [6.45, 7) is 2.25. The van der Waals surface area contributed by atoms with Gasteiger partial charge in [-0.25, -0.2) is 0 Å². The van der Waals surface area contributed by atoms with Crippen molar-refractivity contribution in [3.8, 4) is 0 Å². The SMILES string of the molecule is CCNC(=O)CCC/C=C\C[C@@H]1[C@@H](/C=C/[C@H](CCc2ccccc2)OC(=O)CCC[C@H](CON=O)ON=O)[C@H](O)C[C@@H]1O. The zero-order valence-corrected chi connectivity index (χ0v) is 24.8. The van der Waals surface area contributed by atoms with Crippen LogP contribution in [-0.2, 0) is 30.4 Å². The third-order valence-electron chi connectivity index (χ3n) is 7.44. The minimum Gasteiger partial charge on any atom is -0.458 e. The number of aliphatic hydroxyl groups excluding tert-OH is 2. The predicted octanol–water partition coefficient (Wildman–Crippen LogP) is 4.63. The lowest BCUT2D eigenvalue weighted by Crippen LogP contribution is -2.22. The number of nitrogens with zero attached hydrogens (tertiary/aromatic N) is 2. The Morgan fingerprint density at radius 2 is 1.84 bits per heavy atom. The molecule has 0 aromatic heterocycles. The third-order valence-corrected chi connectivity index (χ3v) is 7.44. The molecule has 1 fully saturated rings. The van der Waals surface area contributed by atoms with E-state index in [0.29, 0.717) is 38.6 Å². The smallest absolute Gasteiger partial charge is 0.306 e. The largest absolute Gasteiger partial charge is 0.458 e. The molecule has 1 amide bonds. The molecule has 3 N–H and O–H groups in total. The third kappa shape index (κ3) is 14.4. The molecule has 12 heteroatoms. The molecule has 1 aliphatic rings. The topological polar surface area (TPSA) is 173 Å². The van der Waals surface area contributed by atoms with Crippen molar-refractivity contribution >= 4 is 11.9 Å². The number of allylic oxidation sites excluding steroid dienone is 2. The minimum atomic E-state index is -0.807. The first-order valence-corrected chi connectivity index (χ1v) is 15.0. The second kappa shape index (κ2) is 21.1. The van der Waals surface area contributed by atoms with E-state index in [-0.39, 0.29) is 43.6 Å². The van der Waals surface area contributed by atoms with Gasteiger partial charge in [-0.3, -0.25) is 9.59 Å². The summed E-state index contributed by atoms with van der Waals surface area (Å²) < 4.78 is 5.77. The molecule has 0 saturated heterocycles. The van der Waals surface area contributed by atoms with E-state index in [0.717, 1.165) is 18.4 Å². The number of esters is 1. The highest BCUT2D eigenvalue weighted by molar-refractivity contribution is 5.75. The van der Waals surface area contributed by atoms with E-state index >= 15 is 0 Å². The van der Waals surface area contributed by atoms with Crippen LogP contribution in [-0.4, -0.2) is 59.7 Å². The Kier molecular flexibility index (Phi) is 17.5. The number of amides is 1. The summed E-state index contributed by atoms with van der Waals surface area (Å²) in [7, 11) is 0. The van der Waals surface area contributed by atoms with Crippen molar-refractivity contribution < 1.29 is 34.2 Å². The van der Waals surface area contributed by atoms with Crippen LogP contribution in [0.4, 0.5) is 0 Å². The van der Waals surface area contributed by atoms with Gasteiger partial charge in [0.25, 0.3) is 0 Å². The van der Waals surface area contributed by atoms with Gasteiger partial charge in [-0.05, 0) is 69.4 Å². The van der Waals surface area contributed by atoms with Gasteiger partial charge in [0.2, 0.25) is 5.91 Å². The van der Waals surface area contributed by atoms with E-state index < -0.39 is 30.4 Å². The number of nitrogens with one attached hydrogen (secondary N) is 1. The molecule has 238 valence electrons. The second-order valence-corrected chi connectivity index (χ2v) is 10.7. The predicted molar refractivity (Wildman–Crippen MR) is 160 cm³/mol. The highest BCUT2D eigenvalue weighted by atomic mass is 16.8. The van der Waals surface area contributed by atoms with Gasteiger partial charge < -0.3 is 29.9 Å². The Balaban J connectivity index is 1.98. The number of aliphatic hydroxyl groups is 2. The molecule has 0 heterocycles. The van der Waals surface area contributed by atoms with Crippen LogP contribution in [0, 0.1) is 21.6 Å². The Labute approximate surface area is 252 Å². The minimum absolute atomic E-state index is 0.0353. The van der Waals surface area contributed by atoms with E-state index in [1.165, 1.54) is 0 Å². The average Bonchev–Trinajstić information content (AvgIpc) is 3.26. The van der Waals surface area contributed by atoms with Crippen LogP contribution >= 0.6 is 0 Å². The molecule has 0 spiro atoms. The summed E-state index contributed by atoms with van der Waals surface area (Å²) in [6.07, 6.45) is 9.44. The molecule has 12 nitrogen and oxygen atoms in total. The molecule has 43 heavy (non-hydrogen) atoms. The van der Waals surface area contributed by atoms with Gasteiger partial charge in [0.05, 0.1) is 12.2 Å². The average molecular weight is 604 g/mol. The number of ether oxygens (including phenoxy) is 1. The number of benzene rings is 1. The summed E-state index contributed by atoms with van der Waals surface area (Å²) in [5, 5.41) is 28.7. The Bertz CT molecular complexity index is 1020. The Morgan fingerprint density at radius 3 is 2.56 bits per heavy atom. The first-order chi connectivity index (χ1) is 20.9. The summed E-state index contributed by atoms with van der Waals surface area (Å²) in [6, 6.07) is 9.80.